The van der Waals surface area contributed by atoms with E-state index >= 15 is 0 Å². The van der Waals surface area contributed by atoms with Crippen molar-refractivity contribution in [3.63, 3.8) is 0 Å². The van der Waals surface area contributed by atoms with Crippen molar-refractivity contribution >= 4 is 27.3 Å². The highest BCUT2D eigenvalue weighted by Gasteiger charge is 2.04. The molecule has 2 N–H and O–H groups in total. The second-order valence-electron chi connectivity index (χ2n) is 2.63. The smallest absolute Gasteiger partial charge is 0.0776 e. The van der Waals surface area contributed by atoms with Crippen molar-refractivity contribution in [2.75, 3.05) is 24.5 Å². The van der Waals surface area contributed by atoms with Crippen LogP contribution in [0.25, 0.3) is 0 Å². The van der Waals surface area contributed by atoms with Gasteiger partial charge in [-0.3, -0.25) is 9.90 Å². The molecule has 0 fully saturated rings. The van der Waals surface area contributed by atoms with Crippen molar-refractivity contribution in [3.8, 4) is 0 Å². The summed E-state index contributed by atoms with van der Waals surface area (Å²) in [7, 11) is 1.86. The van der Waals surface area contributed by atoms with Gasteiger partial charge in [0.25, 0.3) is 0 Å². The van der Waals surface area contributed by atoms with Gasteiger partial charge in [-0.15, -0.1) is 0 Å². The molecule has 13 heavy (non-hydrogen) atoms. The maximum Gasteiger partial charge on any atom is 0.0776 e. The SMILES string of the molecule is CCON(C)c1ccc(N)cc1Br. The largest absolute Gasteiger partial charge is 0.399 e. The first kappa shape index (κ1) is 10.3. The second-order valence-corrected chi connectivity index (χ2v) is 3.48. The molecule has 0 unspecified atom stereocenters. The number of rotatable bonds is 3. The van der Waals surface area contributed by atoms with E-state index in [9.17, 15) is 0 Å². The fourth-order valence-electron chi connectivity index (χ4n) is 1.04. The van der Waals surface area contributed by atoms with Crippen LogP contribution in [0.15, 0.2) is 22.7 Å². The van der Waals surface area contributed by atoms with Crippen molar-refractivity contribution in [1.29, 1.82) is 0 Å². The average Bonchev–Trinajstić information content (AvgIpc) is 2.04. The molecule has 0 aliphatic carbocycles. The van der Waals surface area contributed by atoms with Crippen LogP contribution in [-0.4, -0.2) is 13.7 Å². The Morgan fingerprint density at radius 2 is 2.23 bits per heavy atom. The lowest BCUT2D eigenvalue weighted by Gasteiger charge is -2.19. The van der Waals surface area contributed by atoms with Gasteiger partial charge in [-0.05, 0) is 41.1 Å². The quantitative estimate of drug-likeness (QED) is 0.656. The lowest BCUT2D eigenvalue weighted by atomic mass is 10.3. The van der Waals surface area contributed by atoms with E-state index in [1.165, 1.54) is 0 Å². The summed E-state index contributed by atoms with van der Waals surface area (Å²) in [5.41, 5.74) is 7.32. The van der Waals surface area contributed by atoms with Crippen LogP contribution in [0.5, 0.6) is 0 Å². The highest BCUT2D eigenvalue weighted by molar-refractivity contribution is 9.10. The first-order valence-electron chi connectivity index (χ1n) is 4.06. The summed E-state index contributed by atoms with van der Waals surface area (Å²) in [6.45, 7) is 2.59. The Hall–Kier alpha value is -0.740. The minimum Gasteiger partial charge on any atom is -0.399 e. The Kier molecular flexibility index (Phi) is 3.57. The van der Waals surface area contributed by atoms with Gasteiger partial charge in [-0.2, -0.15) is 0 Å². The van der Waals surface area contributed by atoms with Crippen LogP contribution in [0.1, 0.15) is 6.92 Å². The number of halogens is 1. The molecule has 1 rings (SSSR count). The molecule has 0 aliphatic heterocycles. The lowest BCUT2D eigenvalue weighted by molar-refractivity contribution is 0.134. The number of benzene rings is 1. The highest BCUT2D eigenvalue weighted by Crippen LogP contribution is 2.27. The van der Waals surface area contributed by atoms with Crippen molar-refractivity contribution < 1.29 is 4.84 Å². The van der Waals surface area contributed by atoms with Gasteiger partial charge in [-0.1, -0.05) is 0 Å². The van der Waals surface area contributed by atoms with E-state index in [0.29, 0.717) is 6.61 Å². The van der Waals surface area contributed by atoms with Crippen LogP contribution in [-0.2, 0) is 4.84 Å². The van der Waals surface area contributed by atoms with E-state index in [1.807, 2.05) is 32.2 Å². The molecule has 0 atom stereocenters. The monoisotopic (exact) mass is 244 g/mol. The van der Waals surface area contributed by atoms with Crippen LogP contribution in [0.4, 0.5) is 11.4 Å². The minimum absolute atomic E-state index is 0.646. The molecule has 0 heterocycles. The van der Waals surface area contributed by atoms with Gasteiger partial charge in [-0.25, -0.2) is 0 Å². The first-order chi connectivity index (χ1) is 6.15. The lowest BCUT2D eigenvalue weighted by Crippen LogP contribution is -2.17. The van der Waals surface area contributed by atoms with Crippen LogP contribution >= 0.6 is 15.9 Å². The number of hydrogen-bond acceptors (Lipinski definition) is 3. The highest BCUT2D eigenvalue weighted by atomic mass is 79.9. The van der Waals surface area contributed by atoms with E-state index in [4.69, 9.17) is 10.6 Å². The van der Waals surface area contributed by atoms with Gasteiger partial charge in [0.15, 0.2) is 0 Å². The molecule has 1 aromatic rings. The number of hydrogen-bond donors (Lipinski definition) is 1. The van der Waals surface area contributed by atoms with Gasteiger partial charge in [0.1, 0.15) is 0 Å². The molecular formula is C9H13BrN2O. The summed E-state index contributed by atoms with van der Waals surface area (Å²) in [5.74, 6) is 0. The van der Waals surface area contributed by atoms with Crippen LogP contribution < -0.4 is 10.8 Å². The molecule has 0 aromatic heterocycles. The zero-order valence-electron chi connectivity index (χ0n) is 7.75. The fraction of sp³-hybridized carbons (Fsp3) is 0.333. The summed E-state index contributed by atoms with van der Waals surface area (Å²) in [4.78, 5) is 5.31. The maximum absolute atomic E-state index is 5.61. The maximum atomic E-state index is 5.61. The van der Waals surface area contributed by atoms with Gasteiger partial charge < -0.3 is 5.73 Å². The third-order valence-corrected chi connectivity index (χ3v) is 2.27. The zero-order valence-corrected chi connectivity index (χ0v) is 9.34. The molecular weight excluding hydrogens is 232 g/mol. The fourth-order valence-corrected chi connectivity index (χ4v) is 1.69. The van der Waals surface area contributed by atoms with Gasteiger partial charge in [0, 0.05) is 17.2 Å². The van der Waals surface area contributed by atoms with E-state index in [1.54, 1.807) is 5.06 Å². The topological polar surface area (TPSA) is 38.5 Å². The number of hydroxylamine groups is 1. The van der Waals surface area contributed by atoms with Crippen molar-refractivity contribution in [2.45, 2.75) is 6.92 Å². The van der Waals surface area contributed by atoms with E-state index in [2.05, 4.69) is 15.9 Å². The molecule has 0 amide bonds. The molecule has 0 bridgehead atoms. The normalized spacial score (nSPS) is 10.1. The summed E-state index contributed by atoms with van der Waals surface area (Å²) in [6, 6.07) is 5.61. The zero-order chi connectivity index (χ0) is 9.84. The minimum atomic E-state index is 0.646. The van der Waals surface area contributed by atoms with E-state index in [-0.39, 0.29) is 0 Å². The average molecular weight is 245 g/mol. The molecule has 0 radical (unpaired) electrons. The molecule has 4 heteroatoms. The van der Waals surface area contributed by atoms with Gasteiger partial charge in [0.2, 0.25) is 0 Å². The number of nitrogens with two attached hydrogens (primary N) is 1. The predicted octanol–water partition coefficient (Wildman–Crippen LogP) is 2.42. The molecule has 3 nitrogen and oxygen atoms in total. The second kappa shape index (κ2) is 4.48. The van der Waals surface area contributed by atoms with Gasteiger partial charge in [0.05, 0.1) is 12.3 Å². The first-order valence-corrected chi connectivity index (χ1v) is 4.86. The number of anilines is 2. The Balaban J connectivity index is 2.88. The van der Waals surface area contributed by atoms with Crippen LogP contribution in [0.2, 0.25) is 0 Å². The van der Waals surface area contributed by atoms with Crippen LogP contribution in [0, 0.1) is 0 Å². The third kappa shape index (κ3) is 2.60. The summed E-state index contributed by atoms with van der Waals surface area (Å²) in [6.07, 6.45) is 0. The molecule has 0 spiro atoms. The number of nitrogens with zero attached hydrogens (tertiary/aromatic N) is 1. The summed E-state index contributed by atoms with van der Waals surface area (Å²) >= 11 is 3.42. The molecule has 0 saturated heterocycles. The number of nitrogen functional groups attached to an aromatic ring is 1. The Labute approximate surface area is 86.6 Å². The van der Waals surface area contributed by atoms with Gasteiger partial charge >= 0.3 is 0 Å². The molecule has 0 aliphatic rings. The Bertz CT molecular complexity index is 291. The van der Waals surface area contributed by atoms with Crippen molar-refractivity contribution in [2.24, 2.45) is 0 Å². The predicted molar refractivity (Wildman–Crippen MR) is 58.6 cm³/mol. The third-order valence-electron chi connectivity index (χ3n) is 1.63. The molecule has 1 aromatic carbocycles. The standard InChI is InChI=1S/C9H13BrN2O/c1-3-13-12(2)9-5-4-7(11)6-8(9)10/h4-6H,3,11H2,1-2H3. The van der Waals surface area contributed by atoms with E-state index < -0.39 is 0 Å². The van der Waals surface area contributed by atoms with Crippen molar-refractivity contribution in [1.82, 2.24) is 0 Å². The molecule has 72 valence electrons. The van der Waals surface area contributed by atoms with E-state index in [0.717, 1.165) is 15.8 Å². The van der Waals surface area contributed by atoms with Crippen LogP contribution in [0.3, 0.4) is 0 Å². The Morgan fingerprint density at radius 1 is 1.54 bits per heavy atom. The summed E-state index contributed by atoms with van der Waals surface area (Å²) < 4.78 is 0.934. The summed E-state index contributed by atoms with van der Waals surface area (Å²) in [5, 5.41) is 1.71. The Morgan fingerprint density at radius 3 is 2.77 bits per heavy atom. The van der Waals surface area contributed by atoms with Crippen molar-refractivity contribution in [3.05, 3.63) is 22.7 Å². The molecule has 0 saturated carbocycles.